The van der Waals surface area contributed by atoms with Gasteiger partial charge < -0.3 is 9.80 Å². The molecule has 8 aromatic carbocycles. The van der Waals surface area contributed by atoms with Crippen LogP contribution >= 0.6 is 0 Å². The van der Waals surface area contributed by atoms with Gasteiger partial charge in [0, 0.05) is 22.7 Å². The Morgan fingerprint density at radius 1 is 0.250 bits per heavy atom. The monoisotopic (exact) mass is 614 g/mol. The lowest BCUT2D eigenvalue weighted by atomic mass is 9.92. The highest BCUT2D eigenvalue weighted by molar-refractivity contribution is 5.99. The van der Waals surface area contributed by atoms with Crippen molar-refractivity contribution in [2.24, 2.45) is 0 Å². The number of nitrogens with zero attached hydrogens (tertiary/aromatic N) is 2. The highest BCUT2D eigenvalue weighted by Crippen LogP contribution is 2.50. The van der Waals surface area contributed by atoms with E-state index in [9.17, 15) is 0 Å². The normalized spacial score (nSPS) is 10.9. The lowest BCUT2D eigenvalue weighted by Gasteiger charge is -2.34. The van der Waals surface area contributed by atoms with Gasteiger partial charge in [0.05, 0.1) is 11.4 Å². The molecule has 0 aliphatic heterocycles. The predicted octanol–water partition coefficient (Wildman–Crippen LogP) is 13.1. The molecule has 48 heavy (non-hydrogen) atoms. The van der Waals surface area contributed by atoms with Crippen LogP contribution in [0.1, 0.15) is 0 Å². The van der Waals surface area contributed by atoms with Crippen LogP contribution in [0.15, 0.2) is 206 Å². The van der Waals surface area contributed by atoms with E-state index in [1.165, 1.54) is 33.0 Å². The first-order valence-corrected chi connectivity index (χ1v) is 16.4. The fourth-order valence-corrected chi connectivity index (χ4v) is 6.55. The third-order valence-corrected chi connectivity index (χ3v) is 8.80. The van der Waals surface area contributed by atoms with E-state index in [-0.39, 0.29) is 0 Å². The summed E-state index contributed by atoms with van der Waals surface area (Å²) >= 11 is 0. The zero-order valence-corrected chi connectivity index (χ0v) is 26.5. The Bertz CT molecular complexity index is 2230. The van der Waals surface area contributed by atoms with E-state index in [0.29, 0.717) is 0 Å². The topological polar surface area (TPSA) is 6.48 Å². The van der Waals surface area contributed by atoms with Crippen molar-refractivity contribution in [3.8, 4) is 22.3 Å². The molecule has 0 radical (unpaired) electrons. The van der Waals surface area contributed by atoms with Gasteiger partial charge in [0.2, 0.25) is 0 Å². The third-order valence-electron chi connectivity index (χ3n) is 8.80. The van der Waals surface area contributed by atoms with Crippen LogP contribution in [0, 0.1) is 0 Å². The Kier molecular flexibility index (Phi) is 7.96. The van der Waals surface area contributed by atoms with Crippen LogP contribution in [0.3, 0.4) is 0 Å². The standard InChI is InChI=1S/C46H34N2/c1-6-19-36(20-7-1)43-33-45(47(39-24-10-3-11-25-39)40-26-12-4-13-27-40)46(34-44(43)37-21-8-2-9-22-37)48(41-28-14-5-15-29-41)42-31-30-35-18-16-17-23-38(35)32-42/h1-34H. The Morgan fingerprint density at radius 2 is 0.604 bits per heavy atom. The number of anilines is 6. The van der Waals surface area contributed by atoms with Crippen molar-refractivity contribution in [2.75, 3.05) is 9.80 Å². The minimum Gasteiger partial charge on any atom is -0.308 e. The summed E-state index contributed by atoms with van der Waals surface area (Å²) in [5.74, 6) is 0. The molecular formula is C46H34N2. The zero-order valence-electron chi connectivity index (χ0n) is 26.5. The van der Waals surface area contributed by atoms with Gasteiger partial charge in [-0.1, -0.05) is 146 Å². The molecule has 8 aromatic rings. The minimum atomic E-state index is 1.07. The molecule has 0 atom stereocenters. The second kappa shape index (κ2) is 13.2. The number of benzene rings is 8. The summed E-state index contributed by atoms with van der Waals surface area (Å²) in [7, 11) is 0. The summed E-state index contributed by atoms with van der Waals surface area (Å²) in [5.41, 5.74) is 11.2. The first kappa shape index (κ1) is 29.1. The zero-order chi connectivity index (χ0) is 32.1. The van der Waals surface area contributed by atoms with Gasteiger partial charge >= 0.3 is 0 Å². The molecule has 2 nitrogen and oxygen atoms in total. The fraction of sp³-hybridized carbons (Fsp3) is 0. The van der Waals surface area contributed by atoms with Gasteiger partial charge in [-0.05, 0) is 93.7 Å². The molecule has 0 saturated carbocycles. The maximum atomic E-state index is 2.40. The van der Waals surface area contributed by atoms with Gasteiger partial charge in [-0.15, -0.1) is 0 Å². The lowest BCUT2D eigenvalue weighted by Crippen LogP contribution is -2.17. The molecule has 0 amide bonds. The van der Waals surface area contributed by atoms with E-state index in [2.05, 4.69) is 216 Å². The van der Waals surface area contributed by atoms with E-state index in [1.807, 2.05) is 0 Å². The number of hydrogen-bond acceptors (Lipinski definition) is 2. The van der Waals surface area contributed by atoms with Crippen LogP contribution < -0.4 is 9.80 Å². The van der Waals surface area contributed by atoms with Crippen molar-refractivity contribution in [3.63, 3.8) is 0 Å². The molecule has 0 aliphatic carbocycles. The molecule has 0 saturated heterocycles. The van der Waals surface area contributed by atoms with Crippen molar-refractivity contribution in [2.45, 2.75) is 0 Å². The average molecular weight is 615 g/mol. The van der Waals surface area contributed by atoms with Crippen molar-refractivity contribution >= 4 is 44.9 Å². The maximum absolute atomic E-state index is 2.40. The summed E-state index contributed by atoms with van der Waals surface area (Å²) in [4.78, 5) is 4.79. The van der Waals surface area contributed by atoms with Crippen LogP contribution in [-0.2, 0) is 0 Å². The lowest BCUT2D eigenvalue weighted by molar-refractivity contribution is 1.23. The van der Waals surface area contributed by atoms with Crippen LogP contribution in [-0.4, -0.2) is 0 Å². The van der Waals surface area contributed by atoms with Gasteiger partial charge in [-0.25, -0.2) is 0 Å². The smallest absolute Gasteiger partial charge is 0.0709 e. The van der Waals surface area contributed by atoms with Crippen molar-refractivity contribution in [3.05, 3.63) is 206 Å². The Balaban J connectivity index is 1.50. The number of fused-ring (bicyclic) bond motifs is 1. The summed E-state index contributed by atoms with van der Waals surface area (Å²) in [6.45, 7) is 0. The molecule has 0 fully saturated rings. The molecule has 228 valence electrons. The molecule has 0 aliphatic rings. The summed E-state index contributed by atoms with van der Waals surface area (Å²) in [6, 6.07) is 73.6. The minimum absolute atomic E-state index is 1.07. The predicted molar refractivity (Wildman–Crippen MR) is 204 cm³/mol. The van der Waals surface area contributed by atoms with E-state index in [0.717, 1.165) is 34.1 Å². The molecule has 2 heteroatoms. The van der Waals surface area contributed by atoms with E-state index in [4.69, 9.17) is 0 Å². The van der Waals surface area contributed by atoms with Crippen LogP contribution in [0.25, 0.3) is 33.0 Å². The number of hydrogen-bond donors (Lipinski definition) is 0. The number of rotatable bonds is 8. The molecule has 0 spiro atoms. The summed E-state index contributed by atoms with van der Waals surface area (Å²) in [5, 5.41) is 2.42. The van der Waals surface area contributed by atoms with Gasteiger partial charge in [0.15, 0.2) is 0 Å². The molecule has 0 heterocycles. The highest BCUT2D eigenvalue weighted by Gasteiger charge is 2.25. The van der Waals surface area contributed by atoms with Crippen molar-refractivity contribution in [1.82, 2.24) is 0 Å². The maximum Gasteiger partial charge on any atom is 0.0709 e. The Morgan fingerprint density at radius 3 is 1.04 bits per heavy atom. The Hall–Kier alpha value is -6.38. The van der Waals surface area contributed by atoms with Gasteiger partial charge in [-0.2, -0.15) is 0 Å². The van der Waals surface area contributed by atoms with Crippen LogP contribution in [0.5, 0.6) is 0 Å². The van der Waals surface area contributed by atoms with Gasteiger partial charge in [0.25, 0.3) is 0 Å². The Labute approximate surface area is 282 Å². The highest BCUT2D eigenvalue weighted by atomic mass is 15.2. The van der Waals surface area contributed by atoms with E-state index < -0.39 is 0 Å². The summed E-state index contributed by atoms with van der Waals surface area (Å²) < 4.78 is 0. The average Bonchev–Trinajstić information content (AvgIpc) is 3.17. The second-order valence-electron chi connectivity index (χ2n) is 11.8. The molecule has 0 unspecified atom stereocenters. The molecular weight excluding hydrogens is 581 g/mol. The van der Waals surface area contributed by atoms with E-state index >= 15 is 0 Å². The first-order chi connectivity index (χ1) is 23.8. The molecule has 0 bridgehead atoms. The van der Waals surface area contributed by atoms with E-state index in [1.54, 1.807) is 0 Å². The number of para-hydroxylation sites is 3. The largest absolute Gasteiger partial charge is 0.308 e. The molecule has 0 aromatic heterocycles. The van der Waals surface area contributed by atoms with Crippen LogP contribution in [0.4, 0.5) is 34.1 Å². The fourth-order valence-electron chi connectivity index (χ4n) is 6.55. The first-order valence-electron chi connectivity index (χ1n) is 16.4. The third kappa shape index (κ3) is 5.72. The molecule has 0 N–H and O–H groups in total. The van der Waals surface area contributed by atoms with Crippen molar-refractivity contribution in [1.29, 1.82) is 0 Å². The molecule has 8 rings (SSSR count). The second-order valence-corrected chi connectivity index (χ2v) is 11.8. The summed E-state index contributed by atoms with van der Waals surface area (Å²) in [6.07, 6.45) is 0. The van der Waals surface area contributed by atoms with Crippen molar-refractivity contribution < 1.29 is 0 Å². The van der Waals surface area contributed by atoms with Gasteiger partial charge in [0.1, 0.15) is 0 Å². The van der Waals surface area contributed by atoms with Gasteiger partial charge in [-0.3, -0.25) is 0 Å². The van der Waals surface area contributed by atoms with Crippen LogP contribution in [0.2, 0.25) is 0 Å². The SMILES string of the molecule is c1ccc(-c2cc(N(c3ccccc3)c3ccccc3)c(N(c3ccccc3)c3ccc4ccccc4c3)cc2-c2ccccc2)cc1. The quantitative estimate of drug-likeness (QED) is 0.168.